The molecule has 1 amide bonds. The van der Waals surface area contributed by atoms with Gasteiger partial charge in [-0.05, 0) is 18.6 Å². The van der Waals surface area contributed by atoms with E-state index in [1.807, 2.05) is 37.3 Å². The number of hydrogen-bond donors (Lipinski definition) is 2. The van der Waals surface area contributed by atoms with Crippen molar-refractivity contribution in [3.8, 4) is 0 Å². The van der Waals surface area contributed by atoms with E-state index in [4.69, 9.17) is 5.41 Å². The highest BCUT2D eigenvalue weighted by Crippen LogP contribution is 2.05. The van der Waals surface area contributed by atoms with Crippen molar-refractivity contribution in [1.29, 1.82) is 5.41 Å². The van der Waals surface area contributed by atoms with Crippen LogP contribution in [0, 0.1) is 5.41 Å². The molecule has 0 saturated carbocycles. The zero-order valence-electron chi connectivity index (χ0n) is 8.21. The minimum atomic E-state index is -0.122. The Morgan fingerprint density at radius 1 is 1.36 bits per heavy atom. The molecule has 0 aromatic heterocycles. The number of benzene rings is 1. The first-order valence-electron chi connectivity index (χ1n) is 4.63. The average Bonchev–Trinajstić information content (AvgIpc) is 2.19. The van der Waals surface area contributed by atoms with E-state index in [0.717, 1.165) is 5.69 Å². The van der Waals surface area contributed by atoms with Crippen molar-refractivity contribution in [2.24, 2.45) is 0 Å². The van der Waals surface area contributed by atoms with Crippen molar-refractivity contribution < 1.29 is 4.79 Å². The van der Waals surface area contributed by atoms with Crippen LogP contribution < -0.4 is 5.32 Å². The molecule has 0 radical (unpaired) electrons. The molecule has 0 unspecified atom stereocenters. The normalized spacial score (nSPS) is 9.50. The molecule has 3 heteroatoms. The predicted octanol–water partition coefficient (Wildman–Crippen LogP) is 2.44. The minimum absolute atomic E-state index is 0.122. The smallest absolute Gasteiger partial charge is 0.230 e. The van der Waals surface area contributed by atoms with Crippen LogP contribution in [-0.2, 0) is 4.79 Å². The third-order valence-corrected chi connectivity index (χ3v) is 1.86. The van der Waals surface area contributed by atoms with Gasteiger partial charge in [-0.15, -0.1) is 0 Å². The van der Waals surface area contributed by atoms with Crippen molar-refractivity contribution in [3.05, 3.63) is 30.3 Å². The van der Waals surface area contributed by atoms with Crippen molar-refractivity contribution in [2.45, 2.75) is 19.8 Å². The summed E-state index contributed by atoms with van der Waals surface area (Å²) in [5.74, 6) is -0.122. The van der Waals surface area contributed by atoms with Gasteiger partial charge in [-0.2, -0.15) is 0 Å². The molecule has 0 aliphatic carbocycles. The first kappa shape index (κ1) is 10.4. The Kier molecular flexibility index (Phi) is 3.85. The monoisotopic (exact) mass is 190 g/mol. The van der Waals surface area contributed by atoms with E-state index in [2.05, 4.69) is 5.32 Å². The van der Waals surface area contributed by atoms with E-state index >= 15 is 0 Å². The van der Waals surface area contributed by atoms with Crippen molar-refractivity contribution in [2.75, 3.05) is 5.32 Å². The number of carbonyl (C=O) groups is 1. The van der Waals surface area contributed by atoms with Crippen LogP contribution in [0.4, 0.5) is 5.69 Å². The Labute approximate surface area is 83.7 Å². The third kappa shape index (κ3) is 3.39. The Bertz CT molecular complexity index is 319. The third-order valence-electron chi connectivity index (χ3n) is 1.86. The van der Waals surface area contributed by atoms with E-state index in [-0.39, 0.29) is 12.3 Å². The van der Waals surface area contributed by atoms with Crippen LogP contribution in [0.25, 0.3) is 0 Å². The van der Waals surface area contributed by atoms with Gasteiger partial charge in [0.25, 0.3) is 0 Å². The second-order valence-corrected chi connectivity index (χ2v) is 3.05. The maximum atomic E-state index is 11.3. The lowest BCUT2D eigenvalue weighted by molar-refractivity contribution is -0.115. The van der Waals surface area contributed by atoms with E-state index in [0.29, 0.717) is 12.1 Å². The summed E-state index contributed by atoms with van der Waals surface area (Å²) in [7, 11) is 0. The van der Waals surface area contributed by atoms with Crippen LogP contribution in [0.2, 0.25) is 0 Å². The lowest BCUT2D eigenvalue weighted by Crippen LogP contribution is -2.15. The standard InChI is InChI=1S/C11H14N2O/c1-2-9(12)8-11(14)13-10-6-4-3-5-7-10/h3-7,12H,2,8H2,1H3,(H,13,14). The largest absolute Gasteiger partial charge is 0.326 e. The summed E-state index contributed by atoms with van der Waals surface area (Å²) in [6, 6.07) is 9.27. The molecule has 0 saturated heterocycles. The Balaban J connectivity index is 2.46. The summed E-state index contributed by atoms with van der Waals surface area (Å²) in [4.78, 5) is 11.3. The quantitative estimate of drug-likeness (QED) is 0.704. The summed E-state index contributed by atoms with van der Waals surface area (Å²) in [5.41, 5.74) is 1.24. The highest BCUT2D eigenvalue weighted by atomic mass is 16.1. The molecule has 0 aliphatic heterocycles. The van der Waals surface area contributed by atoms with Crippen LogP contribution in [0.15, 0.2) is 30.3 Å². The predicted molar refractivity (Wildman–Crippen MR) is 57.7 cm³/mol. The molecule has 1 aromatic rings. The molecule has 1 aromatic carbocycles. The molecule has 3 nitrogen and oxygen atoms in total. The van der Waals surface area contributed by atoms with Crippen LogP contribution in [0.5, 0.6) is 0 Å². The average molecular weight is 190 g/mol. The van der Waals surface area contributed by atoms with Gasteiger partial charge < -0.3 is 10.7 Å². The summed E-state index contributed by atoms with van der Waals surface area (Å²) in [6.07, 6.45) is 0.813. The van der Waals surface area contributed by atoms with Gasteiger partial charge in [-0.1, -0.05) is 25.1 Å². The van der Waals surface area contributed by atoms with Crippen molar-refractivity contribution in [3.63, 3.8) is 0 Å². The van der Waals surface area contributed by atoms with E-state index < -0.39 is 0 Å². The van der Waals surface area contributed by atoms with E-state index in [9.17, 15) is 4.79 Å². The fourth-order valence-electron chi connectivity index (χ4n) is 1.05. The zero-order chi connectivity index (χ0) is 10.4. The summed E-state index contributed by atoms with van der Waals surface area (Å²) >= 11 is 0. The highest BCUT2D eigenvalue weighted by molar-refractivity contribution is 6.05. The first-order valence-corrected chi connectivity index (χ1v) is 4.63. The molecule has 0 atom stereocenters. The lowest BCUT2D eigenvalue weighted by Gasteiger charge is -2.04. The second-order valence-electron chi connectivity index (χ2n) is 3.05. The fraction of sp³-hybridized carbons (Fsp3) is 0.273. The Morgan fingerprint density at radius 3 is 2.57 bits per heavy atom. The molecule has 0 bridgehead atoms. The van der Waals surface area contributed by atoms with Crippen molar-refractivity contribution >= 4 is 17.3 Å². The number of amides is 1. The van der Waals surface area contributed by atoms with Gasteiger partial charge in [-0.25, -0.2) is 0 Å². The number of nitrogens with one attached hydrogen (secondary N) is 2. The van der Waals surface area contributed by atoms with Crippen LogP contribution in [0.3, 0.4) is 0 Å². The number of para-hydroxylation sites is 1. The molecule has 1 rings (SSSR count). The molecule has 74 valence electrons. The molecule has 2 N–H and O–H groups in total. The molecule has 0 fully saturated rings. The summed E-state index contributed by atoms with van der Waals surface area (Å²) in [5, 5.41) is 10.1. The number of anilines is 1. The molecule has 0 aliphatic rings. The molecule has 0 heterocycles. The van der Waals surface area contributed by atoms with Crippen LogP contribution in [-0.4, -0.2) is 11.6 Å². The fourth-order valence-corrected chi connectivity index (χ4v) is 1.05. The van der Waals surface area contributed by atoms with Gasteiger partial charge in [0.15, 0.2) is 0 Å². The van der Waals surface area contributed by atoms with E-state index in [1.165, 1.54) is 0 Å². The lowest BCUT2D eigenvalue weighted by atomic mass is 10.2. The molecule has 0 spiro atoms. The number of rotatable bonds is 4. The molecular weight excluding hydrogens is 176 g/mol. The molecular formula is C11H14N2O. The van der Waals surface area contributed by atoms with Gasteiger partial charge in [-0.3, -0.25) is 4.79 Å². The highest BCUT2D eigenvalue weighted by Gasteiger charge is 2.03. The first-order chi connectivity index (χ1) is 6.72. The maximum absolute atomic E-state index is 11.3. The Hall–Kier alpha value is -1.64. The van der Waals surface area contributed by atoms with Crippen LogP contribution >= 0.6 is 0 Å². The second kappa shape index (κ2) is 5.17. The number of hydrogen-bond acceptors (Lipinski definition) is 2. The van der Waals surface area contributed by atoms with Gasteiger partial charge in [0, 0.05) is 11.4 Å². The van der Waals surface area contributed by atoms with E-state index in [1.54, 1.807) is 0 Å². The summed E-state index contributed by atoms with van der Waals surface area (Å²) < 4.78 is 0. The van der Waals surface area contributed by atoms with Gasteiger partial charge in [0.2, 0.25) is 5.91 Å². The SMILES string of the molecule is CCC(=N)CC(=O)Nc1ccccc1. The number of carbonyl (C=O) groups excluding carboxylic acids is 1. The Morgan fingerprint density at radius 2 is 2.00 bits per heavy atom. The topological polar surface area (TPSA) is 53.0 Å². The molecule has 14 heavy (non-hydrogen) atoms. The van der Waals surface area contributed by atoms with Crippen molar-refractivity contribution in [1.82, 2.24) is 0 Å². The summed E-state index contributed by atoms with van der Waals surface area (Å²) in [6.45, 7) is 1.87. The van der Waals surface area contributed by atoms with Crippen LogP contribution in [0.1, 0.15) is 19.8 Å². The maximum Gasteiger partial charge on any atom is 0.230 e. The minimum Gasteiger partial charge on any atom is -0.326 e. The zero-order valence-corrected chi connectivity index (χ0v) is 8.21. The van der Waals surface area contributed by atoms with Gasteiger partial charge in [0.05, 0.1) is 6.42 Å². The van der Waals surface area contributed by atoms with Gasteiger partial charge >= 0.3 is 0 Å². The van der Waals surface area contributed by atoms with Gasteiger partial charge in [0.1, 0.15) is 0 Å².